The highest BCUT2D eigenvalue weighted by molar-refractivity contribution is 7.93. The molecule has 0 spiro atoms. The molecule has 162 valence electrons. The molecule has 3 unspecified atom stereocenters. The maximum absolute atomic E-state index is 13.0. The van der Waals surface area contributed by atoms with Crippen molar-refractivity contribution in [3.05, 3.63) is 47.5 Å². The molecule has 0 aliphatic carbocycles. The second-order valence-electron chi connectivity index (χ2n) is 6.74. The van der Waals surface area contributed by atoms with Gasteiger partial charge in [-0.25, -0.2) is 13.8 Å². The number of rotatable bonds is 7. The lowest BCUT2D eigenvalue weighted by molar-refractivity contribution is -0.119. The Balaban J connectivity index is 1.79. The Morgan fingerprint density at radius 2 is 1.63 bits per heavy atom. The van der Waals surface area contributed by atoms with Gasteiger partial charge in [-0.3, -0.25) is 14.9 Å². The molecule has 1 saturated heterocycles. The van der Waals surface area contributed by atoms with Crippen LogP contribution in [0.4, 0.5) is 11.4 Å². The minimum absolute atomic E-state index is 0.347. The van der Waals surface area contributed by atoms with Crippen LogP contribution in [0, 0.1) is 5.92 Å². The minimum Gasteiger partial charge on any atom is -0.493 e. The van der Waals surface area contributed by atoms with E-state index in [0.29, 0.717) is 27.9 Å². The lowest BCUT2D eigenvalue weighted by atomic mass is 10.0. The number of amides is 1. The Kier molecular flexibility index (Phi) is 6.71. The molecule has 2 aromatic rings. The summed E-state index contributed by atoms with van der Waals surface area (Å²) in [5.41, 5.74) is 6.34. The molecule has 0 bridgehead atoms. The zero-order chi connectivity index (χ0) is 21.9. The van der Waals surface area contributed by atoms with E-state index in [9.17, 15) is 13.2 Å². The summed E-state index contributed by atoms with van der Waals surface area (Å²) in [5.74, 6) is -0.401. The van der Waals surface area contributed by atoms with Crippen molar-refractivity contribution in [1.29, 1.82) is 0 Å². The van der Waals surface area contributed by atoms with E-state index in [2.05, 4.69) is 20.9 Å². The van der Waals surface area contributed by atoms with Crippen LogP contribution in [0.15, 0.2) is 42.5 Å². The van der Waals surface area contributed by atoms with E-state index < -0.39 is 33.3 Å². The predicted octanol–water partition coefficient (Wildman–Crippen LogP) is 2.18. The summed E-state index contributed by atoms with van der Waals surface area (Å²) in [7, 11) is -0.943. The van der Waals surface area contributed by atoms with Gasteiger partial charge in [0.15, 0.2) is 16.9 Å². The summed E-state index contributed by atoms with van der Waals surface area (Å²) in [6.07, 6.45) is 0. The average Bonchev–Trinajstić information content (AvgIpc) is 3.12. The summed E-state index contributed by atoms with van der Waals surface area (Å²) in [6, 6.07) is 10.7. The van der Waals surface area contributed by atoms with E-state index in [4.69, 9.17) is 21.1 Å². The molecular weight excluding hydrogens is 432 g/mol. The van der Waals surface area contributed by atoms with Crippen LogP contribution in [0.3, 0.4) is 0 Å². The number of anilines is 2. The fourth-order valence-corrected chi connectivity index (χ4v) is 4.86. The van der Waals surface area contributed by atoms with E-state index >= 15 is 0 Å². The van der Waals surface area contributed by atoms with Crippen LogP contribution in [0.2, 0.25) is 5.02 Å². The first-order chi connectivity index (χ1) is 14.2. The zero-order valence-electron chi connectivity index (χ0n) is 16.6. The molecular formula is C19H23ClN4O5S. The van der Waals surface area contributed by atoms with Gasteiger partial charge in [-0.2, -0.15) is 0 Å². The van der Waals surface area contributed by atoms with Gasteiger partial charge in [0.25, 0.3) is 10.0 Å². The van der Waals surface area contributed by atoms with Crippen LogP contribution in [0.25, 0.3) is 0 Å². The van der Waals surface area contributed by atoms with E-state index in [0.717, 1.165) is 0 Å². The number of carbonyl (C=O) groups is 1. The van der Waals surface area contributed by atoms with Gasteiger partial charge in [0.1, 0.15) is 0 Å². The normalized spacial score (nSPS) is 21.1. The number of halogens is 1. The number of carbonyl (C=O) groups excluding carboxylic acids is 1. The van der Waals surface area contributed by atoms with Crippen molar-refractivity contribution in [2.75, 3.05) is 24.3 Å². The molecule has 0 saturated carbocycles. The SMILES string of the molecule is COc1ccc(NC(=O)C2C(C)NNC2S(=O)(=O)Nc2ccc(Cl)cc2)cc1OC. The third kappa shape index (κ3) is 4.78. The first-order valence-electron chi connectivity index (χ1n) is 9.06. The van der Waals surface area contributed by atoms with Crippen LogP contribution >= 0.6 is 11.6 Å². The summed E-state index contributed by atoms with van der Waals surface area (Å²) in [6.45, 7) is 1.73. The largest absolute Gasteiger partial charge is 0.493 e. The third-order valence-corrected chi connectivity index (χ3v) is 6.56. The van der Waals surface area contributed by atoms with Crippen molar-refractivity contribution in [3.8, 4) is 11.5 Å². The highest BCUT2D eigenvalue weighted by atomic mass is 35.5. The molecule has 11 heteroatoms. The quantitative estimate of drug-likeness (QED) is 0.506. The highest BCUT2D eigenvalue weighted by Gasteiger charge is 2.46. The van der Waals surface area contributed by atoms with Gasteiger partial charge in [-0.05, 0) is 43.3 Å². The number of hydrogen-bond donors (Lipinski definition) is 4. The molecule has 3 rings (SSSR count). The van der Waals surface area contributed by atoms with Gasteiger partial charge >= 0.3 is 0 Å². The molecule has 3 atom stereocenters. The fourth-order valence-electron chi connectivity index (χ4n) is 3.18. The van der Waals surface area contributed by atoms with Crippen molar-refractivity contribution in [3.63, 3.8) is 0 Å². The molecule has 0 aromatic heterocycles. The van der Waals surface area contributed by atoms with Gasteiger partial charge < -0.3 is 14.8 Å². The Morgan fingerprint density at radius 1 is 1.00 bits per heavy atom. The van der Waals surface area contributed by atoms with Gasteiger partial charge in [0, 0.05) is 28.5 Å². The van der Waals surface area contributed by atoms with Gasteiger partial charge in [-0.1, -0.05) is 11.6 Å². The zero-order valence-corrected chi connectivity index (χ0v) is 18.2. The monoisotopic (exact) mass is 454 g/mol. The van der Waals surface area contributed by atoms with E-state index in [1.807, 2.05) is 0 Å². The number of hydrazine groups is 1. The van der Waals surface area contributed by atoms with Gasteiger partial charge in [0.05, 0.1) is 20.1 Å². The summed E-state index contributed by atoms with van der Waals surface area (Å²) in [5, 5.41) is 2.04. The molecule has 2 aromatic carbocycles. The van der Waals surface area contributed by atoms with Crippen molar-refractivity contribution < 1.29 is 22.7 Å². The molecule has 1 fully saturated rings. The Labute approximate surface area is 180 Å². The molecule has 0 radical (unpaired) electrons. The van der Waals surface area contributed by atoms with E-state index in [1.54, 1.807) is 49.4 Å². The minimum atomic E-state index is -3.94. The van der Waals surface area contributed by atoms with E-state index in [-0.39, 0.29) is 0 Å². The Morgan fingerprint density at radius 3 is 2.27 bits per heavy atom. The number of ether oxygens (including phenoxy) is 2. The Hall–Kier alpha value is -2.53. The fraction of sp³-hybridized carbons (Fsp3) is 0.316. The predicted molar refractivity (Wildman–Crippen MR) is 115 cm³/mol. The first kappa shape index (κ1) is 22.2. The smallest absolute Gasteiger partial charge is 0.250 e. The van der Waals surface area contributed by atoms with Crippen molar-refractivity contribution in [1.82, 2.24) is 10.9 Å². The van der Waals surface area contributed by atoms with E-state index in [1.165, 1.54) is 14.2 Å². The number of nitrogens with one attached hydrogen (secondary N) is 4. The lowest BCUT2D eigenvalue weighted by Gasteiger charge is -2.21. The maximum Gasteiger partial charge on any atom is 0.250 e. The number of sulfonamides is 1. The summed E-state index contributed by atoms with van der Waals surface area (Å²) < 4.78 is 38.8. The number of methoxy groups -OCH3 is 2. The van der Waals surface area contributed by atoms with Crippen LogP contribution in [-0.4, -0.2) is 40.0 Å². The average molecular weight is 455 g/mol. The number of hydrogen-bond acceptors (Lipinski definition) is 7. The van der Waals surface area contributed by atoms with Crippen molar-refractivity contribution in [2.24, 2.45) is 5.92 Å². The molecule has 1 aliphatic heterocycles. The van der Waals surface area contributed by atoms with Crippen LogP contribution in [0.5, 0.6) is 11.5 Å². The van der Waals surface area contributed by atoms with Gasteiger partial charge in [0.2, 0.25) is 5.91 Å². The van der Waals surface area contributed by atoms with Crippen LogP contribution in [0.1, 0.15) is 6.92 Å². The third-order valence-electron chi connectivity index (χ3n) is 4.71. The second kappa shape index (κ2) is 9.09. The Bertz CT molecular complexity index is 1020. The van der Waals surface area contributed by atoms with Crippen molar-refractivity contribution >= 4 is 38.9 Å². The molecule has 30 heavy (non-hydrogen) atoms. The summed E-state index contributed by atoms with van der Waals surface area (Å²) in [4.78, 5) is 13.0. The lowest BCUT2D eigenvalue weighted by Crippen LogP contribution is -2.45. The molecule has 1 amide bonds. The standard InChI is InChI=1S/C19H23ClN4O5S/c1-11-17(18(25)21-14-8-9-15(28-2)16(10-14)29-3)19(23-22-11)30(26,27)24-13-6-4-12(20)5-7-13/h4-11,17,19,22-24H,1-3H3,(H,21,25). The molecule has 9 nitrogen and oxygen atoms in total. The summed E-state index contributed by atoms with van der Waals surface area (Å²) >= 11 is 5.84. The van der Waals surface area contributed by atoms with Crippen LogP contribution < -0.4 is 30.4 Å². The molecule has 4 N–H and O–H groups in total. The topological polar surface area (TPSA) is 118 Å². The van der Waals surface area contributed by atoms with Crippen LogP contribution in [-0.2, 0) is 14.8 Å². The second-order valence-corrected chi connectivity index (χ2v) is 8.98. The first-order valence-corrected chi connectivity index (χ1v) is 11.0. The molecule has 1 aliphatic rings. The van der Waals surface area contributed by atoms with Gasteiger partial charge in [-0.15, -0.1) is 0 Å². The number of benzene rings is 2. The molecule has 1 heterocycles. The maximum atomic E-state index is 13.0. The van der Waals surface area contributed by atoms with Crippen molar-refractivity contribution in [2.45, 2.75) is 18.3 Å². The highest BCUT2D eigenvalue weighted by Crippen LogP contribution is 2.31.